The molecule has 15 heavy (non-hydrogen) atoms. The Morgan fingerprint density at radius 3 is 3.00 bits per heavy atom. The normalized spacial score (nSPS) is 28.3. The Kier molecular flexibility index (Phi) is 3.00. The highest BCUT2D eigenvalue weighted by Gasteiger charge is 2.11. The van der Waals surface area contributed by atoms with Crippen molar-refractivity contribution in [1.82, 2.24) is 0 Å². The average Bonchev–Trinajstić information content (AvgIpc) is 2.24. The van der Waals surface area contributed by atoms with Crippen LogP contribution in [0.5, 0.6) is 0 Å². The van der Waals surface area contributed by atoms with E-state index in [1.165, 1.54) is 11.3 Å². The Morgan fingerprint density at radius 2 is 2.27 bits per heavy atom. The molecule has 1 unspecified atom stereocenters. The molecule has 1 heteroatoms. The Hall–Kier alpha value is -1.37. The van der Waals surface area contributed by atoms with Gasteiger partial charge in [0.15, 0.2) is 0 Å². The molecule has 0 fully saturated rings. The number of allylic oxidation sites excluding steroid dienone is 7. The van der Waals surface area contributed by atoms with Crippen molar-refractivity contribution in [3.8, 4) is 0 Å². The molecule has 78 valence electrons. The fraction of sp³-hybridized carbons (Fsp3) is 0.357. The van der Waals surface area contributed by atoms with Gasteiger partial charge < -0.3 is 0 Å². The summed E-state index contributed by atoms with van der Waals surface area (Å²) in [6.07, 6.45) is 13.9. The number of hydrogen-bond donors (Lipinski definition) is 0. The highest BCUT2D eigenvalue weighted by atomic mass is 14.8. The van der Waals surface area contributed by atoms with Gasteiger partial charge in [-0.2, -0.15) is 0 Å². The molecular formula is C14H17N. The maximum atomic E-state index is 4.70. The lowest BCUT2D eigenvalue weighted by Crippen LogP contribution is -2.06. The number of rotatable bonds is 1. The third-order valence-electron chi connectivity index (χ3n) is 2.90. The van der Waals surface area contributed by atoms with E-state index in [1.807, 2.05) is 0 Å². The first-order valence-corrected chi connectivity index (χ1v) is 5.57. The standard InChI is InChI=1S/C14H17N/c1-11-7-3-5-9-13(11)15-14-10-6-4-8-12(14)2/h4-6,9-10,12H,1,3,7-8H2,2H3. The van der Waals surface area contributed by atoms with Crippen LogP contribution >= 0.6 is 0 Å². The predicted molar refractivity (Wildman–Crippen MR) is 66.0 cm³/mol. The lowest BCUT2D eigenvalue weighted by atomic mass is 9.97. The van der Waals surface area contributed by atoms with E-state index < -0.39 is 0 Å². The van der Waals surface area contributed by atoms with Crippen molar-refractivity contribution in [3.63, 3.8) is 0 Å². The monoisotopic (exact) mass is 199 g/mol. The minimum atomic E-state index is 0.533. The topological polar surface area (TPSA) is 12.4 Å². The number of hydrogen-bond acceptors (Lipinski definition) is 1. The van der Waals surface area contributed by atoms with Crippen molar-refractivity contribution >= 4 is 5.71 Å². The van der Waals surface area contributed by atoms with Crippen LogP contribution in [0.25, 0.3) is 0 Å². The molecule has 0 heterocycles. The summed E-state index contributed by atoms with van der Waals surface area (Å²) >= 11 is 0. The van der Waals surface area contributed by atoms with Gasteiger partial charge in [0.2, 0.25) is 0 Å². The molecule has 2 aliphatic carbocycles. The van der Waals surface area contributed by atoms with Gasteiger partial charge in [0.1, 0.15) is 0 Å². The molecule has 0 radical (unpaired) electrons. The van der Waals surface area contributed by atoms with Crippen LogP contribution in [-0.2, 0) is 0 Å². The van der Waals surface area contributed by atoms with Crippen LogP contribution in [0.3, 0.4) is 0 Å². The molecule has 0 bridgehead atoms. The summed E-state index contributed by atoms with van der Waals surface area (Å²) in [5, 5.41) is 0. The molecule has 2 aliphatic rings. The predicted octanol–water partition coefficient (Wildman–Crippen LogP) is 3.81. The zero-order valence-corrected chi connectivity index (χ0v) is 9.24. The van der Waals surface area contributed by atoms with Crippen LogP contribution in [0.2, 0.25) is 0 Å². The summed E-state index contributed by atoms with van der Waals surface area (Å²) in [7, 11) is 0. The summed E-state index contributed by atoms with van der Waals surface area (Å²) in [4.78, 5) is 4.70. The second kappa shape index (κ2) is 4.43. The van der Waals surface area contributed by atoms with Crippen molar-refractivity contribution in [3.05, 3.63) is 48.2 Å². The molecule has 0 saturated carbocycles. The van der Waals surface area contributed by atoms with Crippen molar-refractivity contribution in [2.24, 2.45) is 10.9 Å². The van der Waals surface area contributed by atoms with Gasteiger partial charge in [-0.1, -0.05) is 31.7 Å². The van der Waals surface area contributed by atoms with Gasteiger partial charge in [-0.3, -0.25) is 4.99 Å². The Labute approximate surface area is 91.6 Å². The van der Waals surface area contributed by atoms with Gasteiger partial charge in [-0.15, -0.1) is 0 Å². The summed E-state index contributed by atoms with van der Waals surface area (Å²) < 4.78 is 0. The summed E-state index contributed by atoms with van der Waals surface area (Å²) in [5.41, 5.74) is 3.41. The lowest BCUT2D eigenvalue weighted by Gasteiger charge is -2.16. The molecule has 2 rings (SSSR count). The van der Waals surface area contributed by atoms with E-state index in [0.717, 1.165) is 25.0 Å². The zero-order valence-electron chi connectivity index (χ0n) is 9.24. The van der Waals surface area contributed by atoms with E-state index in [9.17, 15) is 0 Å². The highest BCUT2D eigenvalue weighted by Crippen LogP contribution is 2.23. The summed E-state index contributed by atoms with van der Waals surface area (Å²) in [5.74, 6) is 0.533. The fourth-order valence-corrected chi connectivity index (χ4v) is 1.84. The average molecular weight is 199 g/mol. The van der Waals surface area contributed by atoms with Crippen molar-refractivity contribution < 1.29 is 0 Å². The van der Waals surface area contributed by atoms with Gasteiger partial charge in [-0.25, -0.2) is 0 Å². The van der Waals surface area contributed by atoms with Crippen molar-refractivity contribution in [2.75, 3.05) is 0 Å². The minimum absolute atomic E-state index is 0.533. The molecule has 0 aliphatic heterocycles. The van der Waals surface area contributed by atoms with Crippen molar-refractivity contribution in [1.29, 1.82) is 0 Å². The lowest BCUT2D eigenvalue weighted by molar-refractivity contribution is 0.678. The van der Waals surface area contributed by atoms with Crippen LogP contribution in [0.4, 0.5) is 0 Å². The third kappa shape index (κ3) is 2.35. The molecule has 0 amide bonds. The number of nitrogens with zero attached hydrogens (tertiary/aromatic N) is 1. The Bertz CT molecular complexity index is 380. The molecule has 0 saturated heterocycles. The second-order valence-corrected chi connectivity index (χ2v) is 4.20. The molecule has 0 spiro atoms. The Morgan fingerprint density at radius 1 is 1.40 bits per heavy atom. The molecule has 1 atom stereocenters. The third-order valence-corrected chi connectivity index (χ3v) is 2.90. The summed E-state index contributed by atoms with van der Waals surface area (Å²) in [6, 6.07) is 0. The van der Waals surface area contributed by atoms with Crippen LogP contribution in [0.15, 0.2) is 53.2 Å². The van der Waals surface area contributed by atoms with Crippen LogP contribution < -0.4 is 0 Å². The quantitative estimate of drug-likeness (QED) is 0.609. The maximum absolute atomic E-state index is 4.70. The van der Waals surface area contributed by atoms with Gasteiger partial charge in [0.05, 0.1) is 5.71 Å². The maximum Gasteiger partial charge on any atom is 0.0656 e. The largest absolute Gasteiger partial charge is 0.253 e. The van der Waals surface area contributed by atoms with Gasteiger partial charge >= 0.3 is 0 Å². The van der Waals surface area contributed by atoms with Crippen molar-refractivity contribution in [2.45, 2.75) is 26.2 Å². The van der Waals surface area contributed by atoms with Gasteiger partial charge in [0.25, 0.3) is 0 Å². The fourth-order valence-electron chi connectivity index (χ4n) is 1.84. The Balaban J connectivity index is 2.24. The summed E-state index contributed by atoms with van der Waals surface area (Å²) in [6.45, 7) is 6.28. The minimum Gasteiger partial charge on any atom is -0.253 e. The van der Waals surface area contributed by atoms with E-state index in [2.05, 4.69) is 43.9 Å². The van der Waals surface area contributed by atoms with Gasteiger partial charge in [0, 0.05) is 11.6 Å². The first-order chi connectivity index (χ1) is 7.27. The van der Waals surface area contributed by atoms with E-state index >= 15 is 0 Å². The molecule has 0 aromatic heterocycles. The van der Waals surface area contributed by atoms with E-state index in [4.69, 9.17) is 4.99 Å². The zero-order chi connectivity index (χ0) is 10.7. The van der Waals surface area contributed by atoms with E-state index in [-0.39, 0.29) is 0 Å². The van der Waals surface area contributed by atoms with E-state index in [0.29, 0.717) is 5.92 Å². The highest BCUT2D eigenvalue weighted by molar-refractivity contribution is 6.09. The SMILES string of the molecule is C=C1CCC=CC1=NC1=CC=CCC1C. The first-order valence-electron chi connectivity index (χ1n) is 5.57. The smallest absolute Gasteiger partial charge is 0.0656 e. The van der Waals surface area contributed by atoms with Crippen LogP contribution in [0.1, 0.15) is 26.2 Å². The molecular weight excluding hydrogens is 182 g/mol. The molecule has 1 nitrogen and oxygen atoms in total. The van der Waals surface area contributed by atoms with Crippen LogP contribution in [-0.4, -0.2) is 5.71 Å². The molecule has 0 aromatic rings. The second-order valence-electron chi connectivity index (χ2n) is 4.20. The van der Waals surface area contributed by atoms with Crippen LogP contribution in [0, 0.1) is 5.92 Å². The van der Waals surface area contributed by atoms with Gasteiger partial charge in [-0.05, 0) is 37.0 Å². The molecule has 0 N–H and O–H groups in total. The number of aliphatic imine (C=N–C) groups is 1. The van der Waals surface area contributed by atoms with E-state index in [1.54, 1.807) is 0 Å². The first kappa shape index (κ1) is 10.2. The molecule has 0 aromatic carbocycles.